The van der Waals surface area contributed by atoms with Gasteiger partial charge in [0.1, 0.15) is 11.6 Å². The van der Waals surface area contributed by atoms with E-state index in [1.807, 2.05) is 30.5 Å². The number of nitrogens with zero attached hydrogens (tertiary/aromatic N) is 5. The summed E-state index contributed by atoms with van der Waals surface area (Å²) in [5.74, 6) is 1.51. The highest BCUT2D eigenvalue weighted by molar-refractivity contribution is 5.86. The van der Waals surface area contributed by atoms with Gasteiger partial charge in [0.2, 0.25) is 0 Å². The van der Waals surface area contributed by atoms with Crippen LogP contribution in [-0.2, 0) is 13.0 Å². The molecule has 0 spiro atoms. The third-order valence-corrected chi connectivity index (χ3v) is 5.40. The molecule has 3 rings (SSSR count). The van der Waals surface area contributed by atoms with Crippen molar-refractivity contribution in [3.8, 4) is 5.75 Å². The van der Waals surface area contributed by atoms with Gasteiger partial charge in [-0.05, 0) is 55.9 Å². The average Bonchev–Trinajstić information content (AvgIpc) is 3.11. The van der Waals surface area contributed by atoms with E-state index < -0.39 is 5.03 Å². The molecule has 1 aromatic heterocycles. The monoisotopic (exact) mass is 525 g/mol. The van der Waals surface area contributed by atoms with E-state index in [1.165, 1.54) is 0 Å². The smallest absolute Gasteiger partial charge is 0.256 e. The minimum atomic E-state index is -0.742. The molecule has 0 aliphatic rings. The molecule has 0 aliphatic heterocycles. The van der Waals surface area contributed by atoms with Gasteiger partial charge in [0.05, 0.1) is 23.3 Å². The maximum Gasteiger partial charge on any atom is 0.256 e. The van der Waals surface area contributed by atoms with Crippen molar-refractivity contribution in [1.29, 1.82) is 0 Å². The standard InChI is InChI=1S/C23H31N7O3.2ClH/c1-4-28(5-2)13-14-29-21-12-9-18(25-23(24)27-30(31)32)16-20(21)26-22(29)15-17-7-10-19(11-8-17)33-6-3;;/h7-12,16H,4-6,13-15H2,1-3H3,(H3,24,25,27);2*1H. The second-order valence-corrected chi connectivity index (χ2v) is 7.50. The van der Waals surface area contributed by atoms with Crippen molar-refractivity contribution < 1.29 is 9.77 Å². The fourth-order valence-electron chi connectivity index (χ4n) is 3.71. The molecule has 0 amide bonds. The van der Waals surface area contributed by atoms with Crippen LogP contribution in [0, 0.1) is 10.1 Å². The van der Waals surface area contributed by atoms with Gasteiger partial charge >= 0.3 is 0 Å². The molecule has 10 nitrogen and oxygen atoms in total. The topological polar surface area (TPSA) is 124 Å². The second kappa shape index (κ2) is 14.3. The Morgan fingerprint density at radius 1 is 1.17 bits per heavy atom. The highest BCUT2D eigenvalue weighted by Gasteiger charge is 2.14. The van der Waals surface area contributed by atoms with E-state index in [9.17, 15) is 10.1 Å². The molecule has 0 bridgehead atoms. The molecular formula is C23H33Cl2N7O3. The van der Waals surface area contributed by atoms with Crippen molar-refractivity contribution in [2.45, 2.75) is 33.7 Å². The second-order valence-electron chi connectivity index (χ2n) is 7.50. The molecule has 2 aromatic carbocycles. The van der Waals surface area contributed by atoms with Crippen molar-refractivity contribution in [2.75, 3.05) is 26.2 Å². The number of hydrazine groups is 1. The number of benzene rings is 2. The first-order valence-corrected chi connectivity index (χ1v) is 11.1. The number of hydrogen-bond acceptors (Lipinski definition) is 6. The lowest BCUT2D eigenvalue weighted by atomic mass is 10.1. The Morgan fingerprint density at radius 2 is 1.86 bits per heavy atom. The minimum absolute atomic E-state index is 0. The molecule has 12 heteroatoms. The number of nitrogens with one attached hydrogen (secondary N) is 1. The van der Waals surface area contributed by atoms with Gasteiger partial charge in [0.15, 0.2) is 5.03 Å². The summed E-state index contributed by atoms with van der Waals surface area (Å²) in [7, 11) is 0. The third kappa shape index (κ3) is 8.27. The van der Waals surface area contributed by atoms with Crippen LogP contribution in [0.15, 0.2) is 47.5 Å². The number of nitrogens with two attached hydrogens (primary N) is 1. The summed E-state index contributed by atoms with van der Waals surface area (Å²) in [6.07, 6.45) is 0.670. The molecule has 192 valence electrons. The number of nitro groups is 1. The number of aliphatic imine (C=N–C) groups is 1. The summed E-state index contributed by atoms with van der Waals surface area (Å²) in [5.41, 5.74) is 10.8. The Kier molecular flexibility index (Phi) is 12.3. The van der Waals surface area contributed by atoms with E-state index in [0.717, 1.165) is 54.3 Å². The van der Waals surface area contributed by atoms with Crippen LogP contribution in [0.3, 0.4) is 0 Å². The van der Waals surface area contributed by atoms with Crippen LogP contribution < -0.4 is 15.9 Å². The average molecular weight is 526 g/mol. The molecule has 3 N–H and O–H groups in total. The number of likely N-dealkylation sites (N-methyl/N-ethyl adjacent to an activating group) is 1. The Hall–Kier alpha value is -3.08. The number of halogens is 2. The fraction of sp³-hybridized carbons (Fsp3) is 0.391. The van der Waals surface area contributed by atoms with Gasteiger partial charge in [0, 0.05) is 19.5 Å². The Morgan fingerprint density at radius 3 is 2.46 bits per heavy atom. The molecule has 35 heavy (non-hydrogen) atoms. The number of hydrogen-bond donors (Lipinski definition) is 2. The Labute approximate surface area is 217 Å². The molecule has 0 saturated carbocycles. The van der Waals surface area contributed by atoms with Crippen LogP contribution in [-0.4, -0.2) is 51.7 Å². The van der Waals surface area contributed by atoms with E-state index in [-0.39, 0.29) is 30.8 Å². The van der Waals surface area contributed by atoms with Gasteiger partial charge in [-0.15, -0.1) is 24.8 Å². The van der Waals surface area contributed by atoms with Crippen molar-refractivity contribution in [3.05, 3.63) is 64.0 Å². The molecule has 0 atom stereocenters. The van der Waals surface area contributed by atoms with Crippen LogP contribution in [0.2, 0.25) is 0 Å². The first kappa shape index (κ1) is 30.0. The lowest BCUT2D eigenvalue weighted by molar-refractivity contribution is -0.525. The van der Waals surface area contributed by atoms with Crippen molar-refractivity contribution in [3.63, 3.8) is 0 Å². The number of fused-ring (bicyclic) bond motifs is 1. The minimum Gasteiger partial charge on any atom is -0.494 e. The number of guanidine groups is 1. The first-order valence-electron chi connectivity index (χ1n) is 11.1. The Bertz CT molecular complexity index is 1120. The molecule has 0 fully saturated rings. The van der Waals surface area contributed by atoms with Crippen LogP contribution in [0.5, 0.6) is 5.75 Å². The summed E-state index contributed by atoms with van der Waals surface area (Å²) in [5, 5.41) is 9.83. The van der Waals surface area contributed by atoms with Crippen LogP contribution in [0.25, 0.3) is 11.0 Å². The summed E-state index contributed by atoms with van der Waals surface area (Å²) < 4.78 is 7.78. The molecule has 0 saturated heterocycles. The third-order valence-electron chi connectivity index (χ3n) is 5.40. The van der Waals surface area contributed by atoms with Crippen LogP contribution in [0.1, 0.15) is 32.2 Å². The van der Waals surface area contributed by atoms with Crippen molar-refractivity contribution >= 4 is 47.5 Å². The predicted molar refractivity (Wildman–Crippen MR) is 144 cm³/mol. The highest BCUT2D eigenvalue weighted by atomic mass is 35.5. The zero-order chi connectivity index (χ0) is 23.8. The normalized spacial score (nSPS) is 11.1. The number of ether oxygens (including phenoxy) is 1. The molecule has 1 heterocycles. The van der Waals surface area contributed by atoms with Gasteiger partial charge in [-0.2, -0.15) is 0 Å². The van der Waals surface area contributed by atoms with Gasteiger partial charge < -0.3 is 19.9 Å². The predicted octanol–water partition coefficient (Wildman–Crippen LogP) is 3.94. The largest absolute Gasteiger partial charge is 0.494 e. The number of aromatic nitrogens is 2. The van der Waals surface area contributed by atoms with E-state index in [0.29, 0.717) is 18.7 Å². The van der Waals surface area contributed by atoms with Crippen LogP contribution >= 0.6 is 24.8 Å². The summed E-state index contributed by atoms with van der Waals surface area (Å²) >= 11 is 0. The molecular weight excluding hydrogens is 493 g/mol. The van der Waals surface area contributed by atoms with Gasteiger partial charge in [-0.1, -0.05) is 31.4 Å². The summed E-state index contributed by atoms with van der Waals surface area (Å²) in [4.78, 5) is 21.9. The number of imidazole rings is 1. The molecule has 0 unspecified atom stereocenters. The summed E-state index contributed by atoms with van der Waals surface area (Å²) in [6, 6.07) is 13.6. The first-order chi connectivity index (χ1) is 15.9. The maximum atomic E-state index is 10.6. The van der Waals surface area contributed by atoms with Gasteiger partial charge in [-0.3, -0.25) is 0 Å². The van der Waals surface area contributed by atoms with E-state index >= 15 is 0 Å². The molecule has 3 aromatic rings. The summed E-state index contributed by atoms with van der Waals surface area (Å²) in [6.45, 7) is 10.6. The quantitative estimate of drug-likeness (QED) is 0.168. The number of rotatable bonds is 11. The van der Waals surface area contributed by atoms with Gasteiger partial charge in [-0.25, -0.2) is 20.1 Å². The zero-order valence-corrected chi connectivity index (χ0v) is 21.8. The van der Waals surface area contributed by atoms with E-state index in [1.54, 1.807) is 12.1 Å². The lowest BCUT2D eigenvalue weighted by Crippen LogP contribution is -2.35. The zero-order valence-electron chi connectivity index (χ0n) is 20.1. The fourth-order valence-corrected chi connectivity index (χ4v) is 3.71. The van der Waals surface area contributed by atoms with Gasteiger partial charge in [0.25, 0.3) is 5.96 Å². The SMILES string of the molecule is CCOc1ccc(Cc2nc3cc(N=C(N)N[N+](=O)[O-])ccc3n2CCN(CC)CC)cc1.Cl.Cl. The van der Waals surface area contributed by atoms with Crippen LogP contribution in [0.4, 0.5) is 5.69 Å². The maximum absolute atomic E-state index is 10.6. The Balaban J connectivity index is 0.00000306. The molecule has 0 radical (unpaired) electrons. The van der Waals surface area contributed by atoms with Crippen molar-refractivity contribution in [1.82, 2.24) is 19.9 Å². The highest BCUT2D eigenvalue weighted by Crippen LogP contribution is 2.24. The molecule has 0 aliphatic carbocycles. The van der Waals surface area contributed by atoms with E-state index in [2.05, 4.69) is 40.4 Å². The van der Waals surface area contributed by atoms with Crippen molar-refractivity contribution in [2.24, 2.45) is 10.7 Å². The lowest BCUT2D eigenvalue weighted by Gasteiger charge is -2.19. The van der Waals surface area contributed by atoms with E-state index in [4.69, 9.17) is 15.5 Å².